The molecule has 1 saturated carbocycles. The lowest BCUT2D eigenvalue weighted by Crippen LogP contribution is -2.42. The number of ketones is 1. The number of aromatic nitrogens is 1. The number of nitrogen functional groups attached to an aromatic ring is 1. The quantitative estimate of drug-likeness (QED) is 0.769. The number of carbonyl (C=O) groups excluding carboxylic acids is 2. The summed E-state index contributed by atoms with van der Waals surface area (Å²) in [6.07, 6.45) is 6.59. The first-order valence-electron chi connectivity index (χ1n) is 10.1. The molecule has 1 amide bonds. The standard InChI is InChI=1S/C23H29N3O2/c1-16(21(27)12-10-17-11-13-22(24)25-15-17)26-23(28)20-9-5-8-19(14-20)18-6-3-2-4-7-18/h2-4,6-7,11,13,15-16,19-20H,5,8-10,12,14H2,1H3,(H2,24,25)(H,26,28)/t16-,19-,20+/m0/s1. The summed E-state index contributed by atoms with van der Waals surface area (Å²) in [4.78, 5) is 29.2. The van der Waals surface area contributed by atoms with Gasteiger partial charge in [-0.25, -0.2) is 4.98 Å². The number of nitrogens with one attached hydrogen (secondary N) is 1. The molecule has 5 heteroatoms. The number of rotatable bonds is 7. The number of nitrogens with two attached hydrogens (primary N) is 1. The number of carbonyl (C=O) groups is 2. The molecular formula is C23H29N3O2. The molecule has 1 aromatic heterocycles. The molecule has 3 N–H and O–H groups in total. The zero-order chi connectivity index (χ0) is 19.9. The lowest BCUT2D eigenvalue weighted by Gasteiger charge is -2.29. The molecule has 28 heavy (non-hydrogen) atoms. The Morgan fingerprint density at radius 2 is 1.96 bits per heavy atom. The fourth-order valence-electron chi connectivity index (χ4n) is 3.94. The number of anilines is 1. The zero-order valence-corrected chi connectivity index (χ0v) is 16.4. The number of nitrogens with zero attached hydrogens (tertiary/aromatic N) is 1. The van der Waals surface area contributed by atoms with Gasteiger partial charge in [-0.05, 0) is 55.7 Å². The van der Waals surface area contributed by atoms with Crippen LogP contribution in [-0.4, -0.2) is 22.7 Å². The molecule has 0 unspecified atom stereocenters. The fraction of sp³-hybridized carbons (Fsp3) is 0.435. The van der Waals surface area contributed by atoms with Crippen molar-refractivity contribution in [3.8, 4) is 0 Å². The first kappa shape index (κ1) is 20.1. The summed E-state index contributed by atoms with van der Waals surface area (Å²) < 4.78 is 0. The van der Waals surface area contributed by atoms with E-state index < -0.39 is 6.04 Å². The number of hydrogen-bond acceptors (Lipinski definition) is 4. The number of pyridine rings is 1. The van der Waals surface area contributed by atoms with E-state index in [9.17, 15) is 9.59 Å². The van der Waals surface area contributed by atoms with Gasteiger partial charge in [-0.3, -0.25) is 9.59 Å². The zero-order valence-electron chi connectivity index (χ0n) is 16.4. The Hall–Kier alpha value is -2.69. The third-order valence-electron chi connectivity index (χ3n) is 5.67. The van der Waals surface area contributed by atoms with Gasteiger partial charge in [0.1, 0.15) is 5.82 Å². The summed E-state index contributed by atoms with van der Waals surface area (Å²) in [6.45, 7) is 1.78. The summed E-state index contributed by atoms with van der Waals surface area (Å²) in [7, 11) is 0. The van der Waals surface area contributed by atoms with Crippen molar-refractivity contribution in [3.63, 3.8) is 0 Å². The Morgan fingerprint density at radius 1 is 1.18 bits per heavy atom. The van der Waals surface area contributed by atoms with Crippen LogP contribution in [0.15, 0.2) is 48.7 Å². The number of aryl methyl sites for hydroxylation is 1. The molecule has 1 aromatic carbocycles. The van der Waals surface area contributed by atoms with Crippen LogP contribution in [0.3, 0.4) is 0 Å². The number of hydrogen-bond donors (Lipinski definition) is 2. The summed E-state index contributed by atoms with van der Waals surface area (Å²) in [5.74, 6) is 0.929. The molecule has 148 valence electrons. The minimum absolute atomic E-state index is 0.00984. The van der Waals surface area contributed by atoms with E-state index in [1.165, 1.54) is 5.56 Å². The van der Waals surface area contributed by atoms with Crippen LogP contribution in [0.4, 0.5) is 5.82 Å². The van der Waals surface area contributed by atoms with Crippen molar-refractivity contribution in [3.05, 3.63) is 59.8 Å². The molecule has 2 aromatic rings. The monoisotopic (exact) mass is 379 g/mol. The second-order valence-corrected chi connectivity index (χ2v) is 7.76. The molecule has 0 saturated heterocycles. The third-order valence-corrected chi connectivity index (χ3v) is 5.67. The van der Waals surface area contributed by atoms with E-state index in [1.807, 2.05) is 12.1 Å². The van der Waals surface area contributed by atoms with E-state index in [0.717, 1.165) is 31.2 Å². The largest absolute Gasteiger partial charge is 0.384 e. The van der Waals surface area contributed by atoms with Crippen LogP contribution in [0, 0.1) is 5.92 Å². The smallest absolute Gasteiger partial charge is 0.223 e. The van der Waals surface area contributed by atoms with E-state index >= 15 is 0 Å². The van der Waals surface area contributed by atoms with Crippen LogP contribution in [-0.2, 0) is 16.0 Å². The highest BCUT2D eigenvalue weighted by Crippen LogP contribution is 2.36. The van der Waals surface area contributed by atoms with Gasteiger partial charge in [-0.1, -0.05) is 42.8 Å². The molecular weight excluding hydrogens is 350 g/mol. The lowest BCUT2D eigenvalue weighted by atomic mass is 9.77. The maximum absolute atomic E-state index is 12.7. The molecule has 3 atom stereocenters. The maximum Gasteiger partial charge on any atom is 0.223 e. The SMILES string of the molecule is C[C@H](NC(=O)[C@@H]1CCC[C@H](c2ccccc2)C1)C(=O)CCc1ccc(N)nc1. The lowest BCUT2D eigenvalue weighted by molar-refractivity contribution is -0.130. The van der Waals surface area contributed by atoms with Gasteiger partial charge in [0.25, 0.3) is 0 Å². The van der Waals surface area contributed by atoms with Crippen molar-refractivity contribution in [2.24, 2.45) is 5.92 Å². The van der Waals surface area contributed by atoms with Gasteiger partial charge in [0.15, 0.2) is 5.78 Å². The van der Waals surface area contributed by atoms with E-state index in [2.05, 4.69) is 34.6 Å². The number of benzene rings is 1. The molecule has 0 spiro atoms. The summed E-state index contributed by atoms with van der Waals surface area (Å²) in [6, 6.07) is 13.6. The van der Waals surface area contributed by atoms with Crippen LogP contribution in [0.1, 0.15) is 56.1 Å². The molecule has 0 radical (unpaired) electrons. The molecule has 1 aliphatic rings. The number of Topliss-reactive ketones (excluding diaryl/α,β-unsaturated/α-hetero) is 1. The predicted molar refractivity (Wildman–Crippen MR) is 111 cm³/mol. The van der Waals surface area contributed by atoms with E-state index in [1.54, 1.807) is 19.2 Å². The first-order chi connectivity index (χ1) is 13.5. The van der Waals surface area contributed by atoms with Crippen molar-refractivity contribution in [1.29, 1.82) is 0 Å². The highest BCUT2D eigenvalue weighted by atomic mass is 16.2. The minimum Gasteiger partial charge on any atom is -0.384 e. The number of amides is 1. The summed E-state index contributed by atoms with van der Waals surface area (Å²) in [5.41, 5.74) is 7.86. The van der Waals surface area contributed by atoms with Gasteiger partial charge < -0.3 is 11.1 Å². The van der Waals surface area contributed by atoms with E-state index in [4.69, 9.17) is 5.73 Å². The fourth-order valence-corrected chi connectivity index (χ4v) is 3.94. The molecule has 1 heterocycles. The summed E-state index contributed by atoms with van der Waals surface area (Å²) >= 11 is 0. The van der Waals surface area contributed by atoms with Gasteiger partial charge in [-0.15, -0.1) is 0 Å². The van der Waals surface area contributed by atoms with Crippen LogP contribution in [0.25, 0.3) is 0 Å². The topological polar surface area (TPSA) is 85.1 Å². The van der Waals surface area contributed by atoms with Crippen LogP contribution in [0.2, 0.25) is 0 Å². The van der Waals surface area contributed by atoms with Crippen molar-refractivity contribution < 1.29 is 9.59 Å². The van der Waals surface area contributed by atoms with Crippen molar-refractivity contribution in [1.82, 2.24) is 10.3 Å². The van der Waals surface area contributed by atoms with Crippen molar-refractivity contribution in [2.75, 3.05) is 5.73 Å². The van der Waals surface area contributed by atoms with Crippen LogP contribution >= 0.6 is 0 Å². The van der Waals surface area contributed by atoms with Gasteiger partial charge in [-0.2, -0.15) is 0 Å². The first-order valence-corrected chi connectivity index (χ1v) is 10.1. The minimum atomic E-state index is -0.466. The Labute approximate surface area is 166 Å². The van der Waals surface area contributed by atoms with Crippen molar-refractivity contribution in [2.45, 2.75) is 57.4 Å². The van der Waals surface area contributed by atoms with Gasteiger partial charge in [0.2, 0.25) is 5.91 Å². The van der Waals surface area contributed by atoms with Crippen LogP contribution in [0.5, 0.6) is 0 Å². The normalized spacial score (nSPS) is 20.3. The molecule has 1 fully saturated rings. The highest BCUT2D eigenvalue weighted by Gasteiger charge is 2.29. The Bertz CT molecular complexity index is 789. The third kappa shape index (κ3) is 5.41. The van der Waals surface area contributed by atoms with E-state index in [0.29, 0.717) is 24.6 Å². The second kappa shape index (κ2) is 9.49. The Balaban J connectivity index is 1.48. The van der Waals surface area contributed by atoms with Gasteiger partial charge in [0, 0.05) is 18.5 Å². The Kier molecular flexibility index (Phi) is 6.80. The second-order valence-electron chi connectivity index (χ2n) is 7.76. The molecule has 1 aliphatic carbocycles. The van der Waals surface area contributed by atoms with Gasteiger partial charge in [0.05, 0.1) is 6.04 Å². The van der Waals surface area contributed by atoms with E-state index in [-0.39, 0.29) is 17.6 Å². The molecule has 0 aliphatic heterocycles. The molecule has 0 bridgehead atoms. The molecule has 5 nitrogen and oxygen atoms in total. The van der Waals surface area contributed by atoms with Crippen LogP contribution < -0.4 is 11.1 Å². The van der Waals surface area contributed by atoms with Gasteiger partial charge >= 0.3 is 0 Å². The highest BCUT2D eigenvalue weighted by molar-refractivity contribution is 5.89. The molecule has 3 rings (SSSR count). The average molecular weight is 380 g/mol. The maximum atomic E-state index is 12.7. The Morgan fingerprint density at radius 3 is 2.68 bits per heavy atom. The van der Waals surface area contributed by atoms with Crippen molar-refractivity contribution >= 4 is 17.5 Å². The average Bonchev–Trinajstić information content (AvgIpc) is 2.73. The summed E-state index contributed by atoms with van der Waals surface area (Å²) in [5, 5.41) is 2.94. The predicted octanol–water partition coefficient (Wildman–Crippen LogP) is 3.64.